The molecule has 98 valence electrons. The molecule has 1 aromatic carbocycles. The molecule has 0 amide bonds. The highest BCUT2D eigenvalue weighted by molar-refractivity contribution is 5.21. The number of benzene rings is 1. The number of hydrogen-bond donors (Lipinski definition) is 3. The van der Waals surface area contributed by atoms with E-state index in [2.05, 4.69) is 10.6 Å². The average Bonchev–Trinajstić information content (AvgIpc) is 2.42. The molecule has 1 unspecified atom stereocenters. The highest BCUT2D eigenvalue weighted by Gasteiger charge is 2.09. The Labute approximate surface area is 107 Å². The third-order valence-electron chi connectivity index (χ3n) is 3.19. The Kier molecular flexibility index (Phi) is 4.73. The Bertz CT molecular complexity index is 395. The van der Waals surface area contributed by atoms with Crippen molar-refractivity contribution in [1.82, 2.24) is 10.6 Å². The maximum atomic E-state index is 12.8. The molecule has 0 bridgehead atoms. The van der Waals surface area contributed by atoms with Crippen LogP contribution in [0.2, 0.25) is 0 Å². The van der Waals surface area contributed by atoms with Crippen molar-refractivity contribution in [3.8, 4) is 0 Å². The van der Waals surface area contributed by atoms with Gasteiger partial charge in [-0.25, -0.2) is 4.39 Å². The zero-order chi connectivity index (χ0) is 12.8. The molecular weight excluding hydrogens is 231 g/mol. The number of halogens is 1. The molecule has 1 aromatic rings. The Balaban J connectivity index is 1.98. The van der Waals surface area contributed by atoms with Crippen molar-refractivity contribution in [3.05, 3.63) is 47.4 Å². The SMILES string of the molecule is OCC(NC=C1CCNCC1)c1ccc(F)cc1. The normalized spacial score (nSPS) is 17.3. The molecule has 1 atom stereocenters. The molecule has 0 saturated carbocycles. The third-order valence-corrected chi connectivity index (χ3v) is 3.19. The Morgan fingerprint density at radius 2 is 1.94 bits per heavy atom. The maximum Gasteiger partial charge on any atom is 0.123 e. The molecule has 3 N–H and O–H groups in total. The molecule has 2 rings (SSSR count). The van der Waals surface area contributed by atoms with Gasteiger partial charge in [-0.2, -0.15) is 0 Å². The van der Waals surface area contributed by atoms with E-state index in [1.54, 1.807) is 12.1 Å². The second kappa shape index (κ2) is 6.52. The standard InChI is InChI=1S/C14H19FN2O/c15-13-3-1-12(2-4-13)14(10-18)17-9-11-5-7-16-8-6-11/h1-4,9,14,16-18H,5-8,10H2. The fraction of sp³-hybridized carbons (Fsp3) is 0.429. The van der Waals surface area contributed by atoms with E-state index < -0.39 is 0 Å². The van der Waals surface area contributed by atoms with E-state index in [-0.39, 0.29) is 18.5 Å². The van der Waals surface area contributed by atoms with Gasteiger partial charge in [0.25, 0.3) is 0 Å². The summed E-state index contributed by atoms with van der Waals surface area (Å²) in [6, 6.07) is 6.05. The fourth-order valence-corrected chi connectivity index (χ4v) is 2.06. The lowest BCUT2D eigenvalue weighted by molar-refractivity contribution is 0.254. The van der Waals surface area contributed by atoms with Gasteiger partial charge in [0.2, 0.25) is 0 Å². The van der Waals surface area contributed by atoms with Crippen LogP contribution in [0.4, 0.5) is 4.39 Å². The smallest absolute Gasteiger partial charge is 0.123 e. The Morgan fingerprint density at radius 1 is 1.28 bits per heavy atom. The molecule has 0 spiro atoms. The van der Waals surface area contributed by atoms with Gasteiger partial charge < -0.3 is 15.7 Å². The third kappa shape index (κ3) is 3.55. The van der Waals surface area contributed by atoms with Crippen LogP contribution in [0.3, 0.4) is 0 Å². The van der Waals surface area contributed by atoms with Crippen molar-refractivity contribution in [1.29, 1.82) is 0 Å². The minimum absolute atomic E-state index is 0.00629. The summed E-state index contributed by atoms with van der Waals surface area (Å²) in [6.07, 6.45) is 4.06. The van der Waals surface area contributed by atoms with Gasteiger partial charge in [-0.1, -0.05) is 17.7 Å². The van der Waals surface area contributed by atoms with Crippen LogP contribution in [0.5, 0.6) is 0 Å². The number of hydrogen-bond acceptors (Lipinski definition) is 3. The van der Waals surface area contributed by atoms with E-state index in [4.69, 9.17) is 0 Å². The lowest BCUT2D eigenvalue weighted by Gasteiger charge is -2.19. The summed E-state index contributed by atoms with van der Waals surface area (Å²) in [7, 11) is 0. The predicted molar refractivity (Wildman–Crippen MR) is 69.5 cm³/mol. The topological polar surface area (TPSA) is 44.3 Å². The van der Waals surface area contributed by atoms with Gasteiger partial charge in [-0.15, -0.1) is 0 Å². The van der Waals surface area contributed by atoms with Crippen molar-refractivity contribution in [3.63, 3.8) is 0 Å². The first kappa shape index (κ1) is 13.1. The van der Waals surface area contributed by atoms with Crippen molar-refractivity contribution in [2.24, 2.45) is 0 Å². The predicted octanol–water partition coefficient (Wildman–Crippen LogP) is 1.72. The second-order valence-corrected chi connectivity index (χ2v) is 4.51. The Hall–Kier alpha value is -1.39. The van der Waals surface area contributed by atoms with E-state index in [1.807, 2.05) is 6.20 Å². The van der Waals surface area contributed by atoms with Crippen LogP contribution in [-0.2, 0) is 0 Å². The molecule has 0 aliphatic carbocycles. The van der Waals surface area contributed by atoms with Crippen LogP contribution in [0.1, 0.15) is 24.4 Å². The molecule has 0 aromatic heterocycles. The molecule has 1 heterocycles. The lowest BCUT2D eigenvalue weighted by Crippen LogP contribution is -2.25. The summed E-state index contributed by atoms with van der Waals surface area (Å²) < 4.78 is 12.8. The number of aliphatic hydroxyl groups is 1. The average molecular weight is 250 g/mol. The highest BCUT2D eigenvalue weighted by atomic mass is 19.1. The van der Waals surface area contributed by atoms with Crippen LogP contribution in [0, 0.1) is 5.82 Å². The minimum Gasteiger partial charge on any atom is -0.394 e. The number of piperidine rings is 1. The molecule has 18 heavy (non-hydrogen) atoms. The number of nitrogens with one attached hydrogen (secondary N) is 2. The van der Waals surface area contributed by atoms with Gasteiger partial charge in [0.15, 0.2) is 0 Å². The van der Waals surface area contributed by atoms with Gasteiger partial charge in [-0.3, -0.25) is 0 Å². The summed E-state index contributed by atoms with van der Waals surface area (Å²) in [4.78, 5) is 0. The summed E-state index contributed by atoms with van der Waals surface area (Å²) in [5.74, 6) is -0.257. The Morgan fingerprint density at radius 3 is 2.56 bits per heavy atom. The van der Waals surface area contributed by atoms with E-state index in [9.17, 15) is 9.50 Å². The molecular formula is C14H19FN2O. The van der Waals surface area contributed by atoms with Crippen molar-refractivity contribution in [2.45, 2.75) is 18.9 Å². The summed E-state index contributed by atoms with van der Waals surface area (Å²) in [5.41, 5.74) is 2.25. The molecule has 1 aliphatic heterocycles. The fourth-order valence-electron chi connectivity index (χ4n) is 2.06. The first-order valence-corrected chi connectivity index (χ1v) is 6.30. The monoisotopic (exact) mass is 250 g/mol. The highest BCUT2D eigenvalue weighted by Crippen LogP contribution is 2.15. The first-order chi connectivity index (χ1) is 8.79. The molecule has 3 nitrogen and oxygen atoms in total. The van der Waals surface area contributed by atoms with E-state index in [0.717, 1.165) is 31.5 Å². The molecule has 1 aliphatic rings. The lowest BCUT2D eigenvalue weighted by atomic mass is 10.1. The van der Waals surface area contributed by atoms with E-state index >= 15 is 0 Å². The van der Waals surface area contributed by atoms with Crippen LogP contribution in [0.25, 0.3) is 0 Å². The molecule has 4 heteroatoms. The maximum absolute atomic E-state index is 12.8. The summed E-state index contributed by atoms with van der Waals surface area (Å²) in [6.45, 7) is 2.01. The zero-order valence-electron chi connectivity index (χ0n) is 10.3. The van der Waals surface area contributed by atoms with Crippen molar-refractivity contribution < 1.29 is 9.50 Å². The van der Waals surface area contributed by atoms with Crippen LogP contribution in [-0.4, -0.2) is 24.8 Å². The summed E-state index contributed by atoms with van der Waals surface area (Å²) in [5, 5.41) is 15.9. The van der Waals surface area contributed by atoms with Gasteiger partial charge in [0.1, 0.15) is 5.82 Å². The second-order valence-electron chi connectivity index (χ2n) is 4.51. The van der Waals surface area contributed by atoms with E-state index in [0.29, 0.717) is 0 Å². The van der Waals surface area contributed by atoms with Gasteiger partial charge in [-0.05, 0) is 49.8 Å². The van der Waals surface area contributed by atoms with Crippen LogP contribution in [0.15, 0.2) is 36.0 Å². The minimum atomic E-state index is -0.257. The molecule has 1 saturated heterocycles. The number of rotatable bonds is 4. The number of aliphatic hydroxyl groups excluding tert-OH is 1. The first-order valence-electron chi connectivity index (χ1n) is 6.30. The van der Waals surface area contributed by atoms with Gasteiger partial charge in [0.05, 0.1) is 12.6 Å². The van der Waals surface area contributed by atoms with Gasteiger partial charge >= 0.3 is 0 Å². The van der Waals surface area contributed by atoms with E-state index in [1.165, 1.54) is 17.7 Å². The van der Waals surface area contributed by atoms with Crippen molar-refractivity contribution >= 4 is 0 Å². The largest absolute Gasteiger partial charge is 0.394 e. The molecule has 0 radical (unpaired) electrons. The zero-order valence-corrected chi connectivity index (χ0v) is 10.3. The van der Waals surface area contributed by atoms with Crippen LogP contribution >= 0.6 is 0 Å². The quantitative estimate of drug-likeness (QED) is 0.762. The van der Waals surface area contributed by atoms with Crippen LogP contribution < -0.4 is 10.6 Å². The molecule has 1 fully saturated rings. The summed E-state index contributed by atoms with van der Waals surface area (Å²) >= 11 is 0. The van der Waals surface area contributed by atoms with Gasteiger partial charge in [0, 0.05) is 0 Å². The van der Waals surface area contributed by atoms with Crippen molar-refractivity contribution in [2.75, 3.05) is 19.7 Å².